The molecule has 29 heavy (non-hydrogen) atoms. The van der Waals surface area contributed by atoms with Crippen molar-refractivity contribution >= 4 is 5.91 Å². The molecule has 154 valence electrons. The molecule has 0 aliphatic carbocycles. The first kappa shape index (κ1) is 19.6. The summed E-state index contributed by atoms with van der Waals surface area (Å²) in [6, 6.07) is 10.2. The van der Waals surface area contributed by atoms with E-state index in [9.17, 15) is 4.79 Å². The van der Waals surface area contributed by atoms with E-state index in [0.29, 0.717) is 6.79 Å². The maximum absolute atomic E-state index is 12.6. The number of piperazine rings is 1. The molecular weight excluding hydrogens is 368 g/mol. The first-order valence-electron chi connectivity index (χ1n) is 10.1. The minimum Gasteiger partial charge on any atom is -0.483 e. The lowest BCUT2D eigenvalue weighted by Gasteiger charge is -2.34. The van der Waals surface area contributed by atoms with Crippen LogP contribution in [-0.2, 0) is 11.3 Å². The van der Waals surface area contributed by atoms with Crippen LogP contribution in [0.3, 0.4) is 0 Å². The van der Waals surface area contributed by atoms with Gasteiger partial charge >= 0.3 is 0 Å². The van der Waals surface area contributed by atoms with E-state index in [0.717, 1.165) is 61.1 Å². The predicted molar refractivity (Wildman–Crippen MR) is 111 cm³/mol. The number of nitrogens with zero attached hydrogens (tertiary/aromatic N) is 2. The summed E-state index contributed by atoms with van der Waals surface area (Å²) < 4.78 is 16.7. The Morgan fingerprint density at radius 1 is 0.966 bits per heavy atom. The Morgan fingerprint density at radius 3 is 2.48 bits per heavy atom. The van der Waals surface area contributed by atoms with Gasteiger partial charge in [0.2, 0.25) is 6.79 Å². The Balaban J connectivity index is 1.27. The van der Waals surface area contributed by atoms with Crippen molar-refractivity contribution in [2.24, 2.45) is 0 Å². The number of ether oxygens (including phenoxy) is 3. The molecule has 1 amide bonds. The fourth-order valence-electron chi connectivity index (χ4n) is 3.83. The third kappa shape index (κ3) is 4.32. The molecule has 6 heteroatoms. The third-order valence-corrected chi connectivity index (χ3v) is 5.78. The molecule has 2 aliphatic heterocycles. The van der Waals surface area contributed by atoms with E-state index in [1.165, 1.54) is 11.1 Å². The van der Waals surface area contributed by atoms with Crippen LogP contribution in [0.4, 0.5) is 0 Å². The molecule has 2 aromatic carbocycles. The quantitative estimate of drug-likeness (QED) is 0.778. The summed E-state index contributed by atoms with van der Waals surface area (Å²) in [5, 5.41) is 0. The number of hydrogen-bond donors (Lipinski definition) is 0. The van der Waals surface area contributed by atoms with Crippen molar-refractivity contribution in [3.63, 3.8) is 0 Å². The van der Waals surface area contributed by atoms with Gasteiger partial charge in [-0.05, 0) is 55.2 Å². The van der Waals surface area contributed by atoms with Gasteiger partial charge in [0.1, 0.15) is 5.75 Å². The standard InChI is InChI=1S/C23H28N2O4/c1-16-4-5-17(2)23(18(16)3)27-14-22(26)25-10-8-24(9-11-25)13-19-6-7-20-21(12-19)29-15-28-20/h4-7,12H,8-11,13-15H2,1-3H3. The van der Waals surface area contributed by atoms with Crippen molar-refractivity contribution in [2.75, 3.05) is 39.6 Å². The maximum atomic E-state index is 12.6. The Kier molecular flexibility index (Phi) is 5.62. The Hall–Kier alpha value is -2.73. The number of benzene rings is 2. The molecule has 2 heterocycles. The van der Waals surface area contributed by atoms with E-state index in [2.05, 4.69) is 24.0 Å². The number of carbonyl (C=O) groups excluding carboxylic acids is 1. The SMILES string of the molecule is Cc1ccc(C)c(OCC(=O)N2CCN(Cc3ccc4c(c3)OCO4)CC2)c1C. The average molecular weight is 396 g/mol. The lowest BCUT2D eigenvalue weighted by atomic mass is 10.1. The van der Waals surface area contributed by atoms with E-state index < -0.39 is 0 Å². The topological polar surface area (TPSA) is 51.2 Å². The van der Waals surface area contributed by atoms with Crippen LogP contribution in [0.5, 0.6) is 17.2 Å². The molecule has 0 unspecified atom stereocenters. The zero-order chi connectivity index (χ0) is 20.4. The Morgan fingerprint density at radius 2 is 1.69 bits per heavy atom. The Labute approximate surface area is 172 Å². The minimum atomic E-state index is 0.0491. The van der Waals surface area contributed by atoms with Crippen LogP contribution in [0.2, 0.25) is 0 Å². The van der Waals surface area contributed by atoms with Gasteiger partial charge in [0.25, 0.3) is 5.91 Å². The third-order valence-electron chi connectivity index (χ3n) is 5.78. The van der Waals surface area contributed by atoms with Crippen LogP contribution in [0.15, 0.2) is 30.3 Å². The molecule has 0 aromatic heterocycles. The summed E-state index contributed by atoms with van der Waals surface area (Å²) in [6.45, 7) is 10.5. The summed E-state index contributed by atoms with van der Waals surface area (Å²) in [5.41, 5.74) is 4.54. The summed E-state index contributed by atoms with van der Waals surface area (Å²) in [5.74, 6) is 2.51. The second kappa shape index (κ2) is 8.33. The van der Waals surface area contributed by atoms with Crippen LogP contribution in [0.25, 0.3) is 0 Å². The molecule has 6 nitrogen and oxygen atoms in total. The van der Waals surface area contributed by atoms with Gasteiger partial charge in [-0.2, -0.15) is 0 Å². The highest BCUT2D eigenvalue weighted by molar-refractivity contribution is 5.78. The minimum absolute atomic E-state index is 0.0491. The molecule has 2 aromatic rings. The highest BCUT2D eigenvalue weighted by Gasteiger charge is 2.22. The number of fused-ring (bicyclic) bond motifs is 1. The number of aryl methyl sites for hydroxylation is 2. The van der Waals surface area contributed by atoms with Crippen molar-refractivity contribution in [3.8, 4) is 17.2 Å². The highest BCUT2D eigenvalue weighted by atomic mass is 16.7. The van der Waals surface area contributed by atoms with E-state index in [1.807, 2.05) is 36.9 Å². The molecule has 0 N–H and O–H groups in total. The number of hydrogen-bond acceptors (Lipinski definition) is 5. The van der Waals surface area contributed by atoms with Crippen molar-refractivity contribution in [2.45, 2.75) is 27.3 Å². The normalized spacial score (nSPS) is 16.2. The molecule has 2 aliphatic rings. The molecule has 0 spiro atoms. The molecule has 1 saturated heterocycles. The van der Waals surface area contributed by atoms with E-state index in [4.69, 9.17) is 14.2 Å². The largest absolute Gasteiger partial charge is 0.483 e. The second-order valence-corrected chi connectivity index (χ2v) is 7.79. The average Bonchev–Trinajstić information content (AvgIpc) is 3.19. The maximum Gasteiger partial charge on any atom is 0.260 e. The summed E-state index contributed by atoms with van der Waals surface area (Å²) >= 11 is 0. The fourth-order valence-corrected chi connectivity index (χ4v) is 3.83. The van der Waals surface area contributed by atoms with Gasteiger partial charge in [0.15, 0.2) is 18.1 Å². The summed E-state index contributed by atoms with van der Waals surface area (Å²) in [6.07, 6.45) is 0. The van der Waals surface area contributed by atoms with Crippen molar-refractivity contribution in [1.29, 1.82) is 0 Å². The highest BCUT2D eigenvalue weighted by Crippen LogP contribution is 2.33. The second-order valence-electron chi connectivity index (χ2n) is 7.79. The summed E-state index contributed by atoms with van der Waals surface area (Å²) in [7, 11) is 0. The lowest BCUT2D eigenvalue weighted by molar-refractivity contribution is -0.135. The van der Waals surface area contributed by atoms with E-state index >= 15 is 0 Å². The van der Waals surface area contributed by atoms with Crippen molar-refractivity contribution in [3.05, 3.63) is 52.6 Å². The van der Waals surface area contributed by atoms with Gasteiger partial charge in [-0.25, -0.2) is 0 Å². The van der Waals surface area contributed by atoms with Crippen LogP contribution in [0, 0.1) is 20.8 Å². The fraction of sp³-hybridized carbons (Fsp3) is 0.435. The van der Waals surface area contributed by atoms with Crippen molar-refractivity contribution < 1.29 is 19.0 Å². The summed E-state index contributed by atoms with van der Waals surface area (Å²) in [4.78, 5) is 16.9. The van der Waals surface area contributed by atoms with Gasteiger partial charge in [0, 0.05) is 32.7 Å². The molecule has 1 fully saturated rings. The van der Waals surface area contributed by atoms with Gasteiger partial charge in [0.05, 0.1) is 0 Å². The van der Waals surface area contributed by atoms with Crippen LogP contribution >= 0.6 is 0 Å². The Bertz CT molecular complexity index is 904. The van der Waals surface area contributed by atoms with Crippen LogP contribution in [0.1, 0.15) is 22.3 Å². The molecule has 0 atom stereocenters. The van der Waals surface area contributed by atoms with E-state index in [1.54, 1.807) is 0 Å². The molecule has 4 rings (SSSR count). The first-order valence-corrected chi connectivity index (χ1v) is 10.1. The predicted octanol–water partition coefficient (Wildman–Crippen LogP) is 3.06. The van der Waals surface area contributed by atoms with E-state index in [-0.39, 0.29) is 12.5 Å². The monoisotopic (exact) mass is 396 g/mol. The van der Waals surface area contributed by atoms with Gasteiger partial charge in [-0.3, -0.25) is 9.69 Å². The van der Waals surface area contributed by atoms with Crippen LogP contribution in [-0.4, -0.2) is 55.3 Å². The molecule has 0 saturated carbocycles. The molecule has 0 radical (unpaired) electrons. The van der Waals surface area contributed by atoms with Crippen LogP contribution < -0.4 is 14.2 Å². The first-order chi connectivity index (χ1) is 14.0. The number of carbonyl (C=O) groups is 1. The molecule has 0 bridgehead atoms. The van der Waals surface area contributed by atoms with Gasteiger partial charge in [-0.1, -0.05) is 18.2 Å². The smallest absolute Gasteiger partial charge is 0.260 e. The zero-order valence-electron chi connectivity index (χ0n) is 17.4. The zero-order valence-corrected chi connectivity index (χ0v) is 17.4. The van der Waals surface area contributed by atoms with Gasteiger partial charge in [-0.15, -0.1) is 0 Å². The number of amides is 1. The van der Waals surface area contributed by atoms with Crippen molar-refractivity contribution in [1.82, 2.24) is 9.80 Å². The number of rotatable bonds is 5. The molecular formula is C23H28N2O4. The van der Waals surface area contributed by atoms with Gasteiger partial charge < -0.3 is 19.1 Å². The lowest BCUT2D eigenvalue weighted by Crippen LogP contribution is -2.49.